The van der Waals surface area contributed by atoms with Gasteiger partial charge in [-0.1, -0.05) is 0 Å². The Bertz CT molecular complexity index is 376. The van der Waals surface area contributed by atoms with Crippen LogP contribution in [0.25, 0.3) is 0 Å². The van der Waals surface area contributed by atoms with Gasteiger partial charge in [-0.05, 0) is 74.8 Å². The fourth-order valence-corrected chi connectivity index (χ4v) is 2.18. The third kappa shape index (κ3) is 4.18. The zero-order chi connectivity index (χ0) is 12.4. The largest absolute Gasteiger partial charge is 0.493 e. The van der Waals surface area contributed by atoms with E-state index in [1.807, 2.05) is 0 Å². The fraction of sp³-hybridized carbons (Fsp3) is 0.600. The summed E-state index contributed by atoms with van der Waals surface area (Å²) in [6.45, 7) is 7.23. The van der Waals surface area contributed by atoms with Crippen molar-refractivity contribution in [3.8, 4) is 5.75 Å². The van der Waals surface area contributed by atoms with Crippen LogP contribution in [-0.2, 0) is 6.42 Å². The van der Waals surface area contributed by atoms with Crippen LogP contribution in [0.1, 0.15) is 36.5 Å². The Morgan fingerprint density at radius 2 is 1.83 bits per heavy atom. The predicted molar refractivity (Wildman–Crippen MR) is 78.7 cm³/mol. The third-order valence-corrected chi connectivity index (χ3v) is 3.38. The van der Waals surface area contributed by atoms with Gasteiger partial charge in [0, 0.05) is 6.04 Å². The molecule has 2 rings (SSSR count). The third-order valence-electron chi connectivity index (χ3n) is 3.38. The van der Waals surface area contributed by atoms with E-state index in [0.29, 0.717) is 0 Å². The molecule has 18 heavy (non-hydrogen) atoms. The van der Waals surface area contributed by atoms with Crippen LogP contribution in [0, 0.1) is 19.8 Å². The summed E-state index contributed by atoms with van der Waals surface area (Å²) in [5.41, 5.74) is 9.85. The topological polar surface area (TPSA) is 35.2 Å². The molecule has 1 atom stereocenters. The maximum Gasteiger partial charge on any atom is 0.119 e. The Morgan fingerprint density at radius 1 is 1.28 bits per heavy atom. The van der Waals surface area contributed by atoms with Crippen molar-refractivity contribution in [2.24, 2.45) is 11.7 Å². The van der Waals surface area contributed by atoms with Crippen molar-refractivity contribution >= 4 is 12.4 Å². The molecule has 0 bridgehead atoms. The van der Waals surface area contributed by atoms with E-state index >= 15 is 0 Å². The molecule has 0 spiro atoms. The summed E-state index contributed by atoms with van der Waals surface area (Å²) < 4.78 is 5.82. The molecule has 2 nitrogen and oxygen atoms in total. The number of benzene rings is 1. The Kier molecular flexibility index (Phi) is 5.48. The Morgan fingerprint density at radius 3 is 2.28 bits per heavy atom. The van der Waals surface area contributed by atoms with Crippen molar-refractivity contribution in [3.05, 3.63) is 28.8 Å². The average Bonchev–Trinajstić information content (AvgIpc) is 3.04. The van der Waals surface area contributed by atoms with Crippen molar-refractivity contribution < 1.29 is 4.74 Å². The van der Waals surface area contributed by atoms with E-state index in [4.69, 9.17) is 10.5 Å². The van der Waals surface area contributed by atoms with Crippen molar-refractivity contribution in [1.82, 2.24) is 0 Å². The predicted octanol–water partition coefficient (Wildman–Crippen LogP) is 3.40. The Balaban J connectivity index is 0.00000162. The molecular weight excluding hydrogens is 246 g/mol. The molecule has 0 radical (unpaired) electrons. The van der Waals surface area contributed by atoms with Crippen molar-refractivity contribution in [1.29, 1.82) is 0 Å². The SMILES string of the molecule is Cc1cc(OCC2CC2)cc(C)c1CC(C)N.Cl. The minimum Gasteiger partial charge on any atom is -0.493 e. The lowest BCUT2D eigenvalue weighted by atomic mass is 9.97. The van der Waals surface area contributed by atoms with E-state index < -0.39 is 0 Å². The maximum absolute atomic E-state index is 5.88. The van der Waals surface area contributed by atoms with E-state index in [2.05, 4.69) is 32.9 Å². The second-order valence-corrected chi connectivity index (χ2v) is 5.47. The van der Waals surface area contributed by atoms with Gasteiger partial charge in [-0.3, -0.25) is 0 Å². The molecule has 3 heteroatoms. The highest BCUT2D eigenvalue weighted by atomic mass is 35.5. The molecule has 0 aromatic heterocycles. The summed E-state index contributed by atoms with van der Waals surface area (Å²) in [4.78, 5) is 0. The molecule has 1 aromatic rings. The molecule has 1 aliphatic carbocycles. The van der Waals surface area contributed by atoms with Crippen LogP contribution in [0.5, 0.6) is 5.75 Å². The summed E-state index contributed by atoms with van der Waals surface area (Å²) in [6.07, 6.45) is 3.61. The lowest BCUT2D eigenvalue weighted by Crippen LogP contribution is -2.19. The van der Waals surface area contributed by atoms with Gasteiger partial charge in [0.05, 0.1) is 6.61 Å². The molecule has 1 unspecified atom stereocenters. The molecule has 2 N–H and O–H groups in total. The minimum atomic E-state index is 0. The van der Waals surface area contributed by atoms with Crippen LogP contribution in [-0.4, -0.2) is 12.6 Å². The van der Waals surface area contributed by atoms with Gasteiger partial charge in [0.1, 0.15) is 5.75 Å². The van der Waals surface area contributed by atoms with Gasteiger partial charge in [-0.25, -0.2) is 0 Å². The molecule has 1 saturated carbocycles. The standard InChI is InChI=1S/C15H23NO.ClH/c1-10-6-14(17-9-13-4-5-13)7-11(2)15(10)8-12(3)16;/h6-7,12-13H,4-5,8-9,16H2,1-3H3;1H. The monoisotopic (exact) mass is 269 g/mol. The first kappa shape index (κ1) is 15.3. The minimum absolute atomic E-state index is 0. The summed E-state index contributed by atoms with van der Waals surface area (Å²) in [6, 6.07) is 4.51. The Hall–Kier alpha value is -0.730. The van der Waals surface area contributed by atoms with Gasteiger partial charge >= 0.3 is 0 Å². The summed E-state index contributed by atoms with van der Waals surface area (Å²) >= 11 is 0. The van der Waals surface area contributed by atoms with Crippen molar-refractivity contribution in [2.75, 3.05) is 6.61 Å². The average molecular weight is 270 g/mol. The number of rotatable bonds is 5. The van der Waals surface area contributed by atoms with Gasteiger partial charge in [0.25, 0.3) is 0 Å². The second-order valence-electron chi connectivity index (χ2n) is 5.47. The fourth-order valence-electron chi connectivity index (χ4n) is 2.18. The first-order valence-electron chi connectivity index (χ1n) is 6.54. The van der Waals surface area contributed by atoms with Crippen molar-refractivity contribution in [2.45, 2.75) is 46.1 Å². The molecule has 1 aliphatic rings. The number of aryl methyl sites for hydroxylation is 2. The van der Waals surface area contributed by atoms with Crippen LogP contribution in [0.3, 0.4) is 0 Å². The van der Waals surface area contributed by atoms with Crippen LogP contribution in [0.2, 0.25) is 0 Å². The summed E-state index contributed by atoms with van der Waals surface area (Å²) in [5, 5.41) is 0. The smallest absolute Gasteiger partial charge is 0.119 e. The first-order valence-corrected chi connectivity index (χ1v) is 6.54. The summed E-state index contributed by atoms with van der Waals surface area (Å²) in [7, 11) is 0. The van der Waals surface area contributed by atoms with E-state index in [-0.39, 0.29) is 18.4 Å². The van der Waals surface area contributed by atoms with E-state index in [1.165, 1.54) is 29.5 Å². The normalized spacial score (nSPS) is 16.0. The molecule has 1 fully saturated rings. The number of halogens is 1. The number of hydrogen-bond acceptors (Lipinski definition) is 2. The highest BCUT2D eigenvalue weighted by Gasteiger charge is 2.22. The first-order chi connectivity index (χ1) is 8.06. The van der Waals surface area contributed by atoms with E-state index in [0.717, 1.165) is 24.7 Å². The zero-order valence-corrected chi connectivity index (χ0v) is 12.3. The molecule has 0 amide bonds. The van der Waals surface area contributed by atoms with Gasteiger partial charge in [0.15, 0.2) is 0 Å². The van der Waals surface area contributed by atoms with Gasteiger partial charge in [-0.2, -0.15) is 0 Å². The van der Waals surface area contributed by atoms with Crippen LogP contribution in [0.15, 0.2) is 12.1 Å². The summed E-state index contributed by atoms with van der Waals surface area (Å²) in [5.74, 6) is 1.82. The second kappa shape index (κ2) is 6.44. The number of ether oxygens (including phenoxy) is 1. The van der Waals surface area contributed by atoms with Gasteiger partial charge < -0.3 is 10.5 Å². The molecule has 102 valence electrons. The highest BCUT2D eigenvalue weighted by molar-refractivity contribution is 5.85. The molecule has 0 aliphatic heterocycles. The van der Waals surface area contributed by atoms with E-state index in [9.17, 15) is 0 Å². The molecule has 0 heterocycles. The molecular formula is C15H24ClNO. The van der Waals surface area contributed by atoms with Crippen LogP contribution < -0.4 is 10.5 Å². The number of hydrogen-bond donors (Lipinski definition) is 1. The van der Waals surface area contributed by atoms with E-state index in [1.54, 1.807) is 0 Å². The van der Waals surface area contributed by atoms with Crippen LogP contribution >= 0.6 is 12.4 Å². The lowest BCUT2D eigenvalue weighted by Gasteiger charge is -2.15. The highest BCUT2D eigenvalue weighted by Crippen LogP contribution is 2.30. The molecule has 1 aromatic carbocycles. The van der Waals surface area contributed by atoms with Crippen LogP contribution in [0.4, 0.5) is 0 Å². The quantitative estimate of drug-likeness (QED) is 0.889. The lowest BCUT2D eigenvalue weighted by molar-refractivity contribution is 0.299. The number of nitrogens with two attached hydrogens (primary N) is 1. The Labute approximate surface area is 116 Å². The zero-order valence-electron chi connectivity index (χ0n) is 11.5. The van der Waals surface area contributed by atoms with Gasteiger partial charge in [0.2, 0.25) is 0 Å². The maximum atomic E-state index is 5.88. The van der Waals surface area contributed by atoms with Crippen molar-refractivity contribution in [3.63, 3.8) is 0 Å². The van der Waals surface area contributed by atoms with Gasteiger partial charge in [-0.15, -0.1) is 12.4 Å². The molecule has 0 saturated heterocycles.